The minimum Gasteiger partial charge on any atom is -0.389 e. The molecule has 1 rings (SSSR count). The molecule has 82 valence electrons. The number of carbonyl (C=O) groups is 1. The van der Waals surface area contributed by atoms with Crippen molar-refractivity contribution in [3.63, 3.8) is 0 Å². The molecule has 1 heterocycles. The van der Waals surface area contributed by atoms with E-state index in [2.05, 4.69) is 0 Å². The Morgan fingerprint density at radius 2 is 2.36 bits per heavy atom. The Bertz CT molecular complexity index is 204. The van der Waals surface area contributed by atoms with E-state index in [9.17, 15) is 9.90 Å². The summed E-state index contributed by atoms with van der Waals surface area (Å²) in [5.41, 5.74) is -0.633. The molecule has 0 amide bonds. The maximum atomic E-state index is 11.3. The first-order valence-electron chi connectivity index (χ1n) is 4.99. The van der Waals surface area contributed by atoms with Crippen LogP contribution in [0.4, 0.5) is 0 Å². The molecule has 1 fully saturated rings. The summed E-state index contributed by atoms with van der Waals surface area (Å²) in [7, 11) is 1.52. The molecule has 4 nitrogen and oxygen atoms in total. The van der Waals surface area contributed by atoms with E-state index < -0.39 is 5.60 Å². The van der Waals surface area contributed by atoms with Gasteiger partial charge in [0.15, 0.2) is 5.78 Å². The number of nitrogens with zero attached hydrogens (tertiary/aromatic N) is 1. The summed E-state index contributed by atoms with van der Waals surface area (Å²) in [5, 5.41) is 9.80. The molecular formula is C10H19NO3. The SMILES string of the molecule is COCC(=O)CN1CCCC(C)(O)C1. The fraction of sp³-hybridized carbons (Fsp3) is 0.900. The Labute approximate surface area is 84.8 Å². The van der Waals surface area contributed by atoms with E-state index in [0.29, 0.717) is 13.1 Å². The molecule has 0 aromatic carbocycles. The number of hydrogen-bond acceptors (Lipinski definition) is 4. The first kappa shape index (κ1) is 11.6. The molecule has 1 aliphatic heterocycles. The molecule has 0 bridgehead atoms. The molecule has 1 atom stereocenters. The number of rotatable bonds is 4. The van der Waals surface area contributed by atoms with Gasteiger partial charge in [-0.1, -0.05) is 0 Å². The number of aliphatic hydroxyl groups is 1. The average Bonchev–Trinajstić information content (AvgIpc) is 2.02. The fourth-order valence-corrected chi connectivity index (χ4v) is 1.91. The van der Waals surface area contributed by atoms with E-state index in [1.54, 1.807) is 0 Å². The Kier molecular flexibility index (Phi) is 4.04. The van der Waals surface area contributed by atoms with Gasteiger partial charge in [0.2, 0.25) is 0 Å². The third kappa shape index (κ3) is 3.74. The number of methoxy groups -OCH3 is 1. The lowest BCUT2D eigenvalue weighted by molar-refractivity contribution is -0.125. The Balaban J connectivity index is 2.34. The van der Waals surface area contributed by atoms with E-state index in [1.165, 1.54) is 7.11 Å². The summed E-state index contributed by atoms with van der Waals surface area (Å²) in [4.78, 5) is 13.3. The van der Waals surface area contributed by atoms with Gasteiger partial charge in [0.1, 0.15) is 6.61 Å². The van der Waals surface area contributed by atoms with E-state index in [1.807, 2.05) is 11.8 Å². The molecule has 0 aromatic rings. The standard InChI is InChI=1S/C10H19NO3/c1-10(13)4-3-5-11(8-10)6-9(12)7-14-2/h13H,3-8H2,1-2H3. The maximum absolute atomic E-state index is 11.3. The zero-order valence-corrected chi connectivity index (χ0v) is 8.95. The lowest BCUT2D eigenvalue weighted by atomic mass is 9.95. The van der Waals surface area contributed by atoms with Gasteiger partial charge < -0.3 is 9.84 Å². The van der Waals surface area contributed by atoms with E-state index in [0.717, 1.165) is 19.4 Å². The van der Waals surface area contributed by atoms with Crippen molar-refractivity contribution in [3.8, 4) is 0 Å². The topological polar surface area (TPSA) is 49.8 Å². The third-order valence-electron chi connectivity index (χ3n) is 2.46. The van der Waals surface area contributed by atoms with Crippen LogP contribution in [0, 0.1) is 0 Å². The van der Waals surface area contributed by atoms with Crippen LogP contribution < -0.4 is 0 Å². The van der Waals surface area contributed by atoms with Crippen LogP contribution in [0.3, 0.4) is 0 Å². The van der Waals surface area contributed by atoms with Crippen LogP contribution in [0.25, 0.3) is 0 Å². The number of β-amino-alcohol motifs (C(OH)–C–C–N with tert-alkyl or cyclic N) is 1. The van der Waals surface area contributed by atoms with Gasteiger partial charge >= 0.3 is 0 Å². The molecule has 1 aliphatic rings. The number of Topliss-reactive ketones (excluding diaryl/α,β-unsaturated/α-hetero) is 1. The summed E-state index contributed by atoms with van der Waals surface area (Å²) in [6.07, 6.45) is 1.77. The lowest BCUT2D eigenvalue weighted by Crippen LogP contribution is -2.48. The first-order valence-corrected chi connectivity index (χ1v) is 4.99. The molecule has 0 saturated carbocycles. The van der Waals surface area contributed by atoms with Gasteiger partial charge in [-0.2, -0.15) is 0 Å². The van der Waals surface area contributed by atoms with Crippen molar-refractivity contribution in [3.05, 3.63) is 0 Å². The summed E-state index contributed by atoms with van der Waals surface area (Å²) in [5.74, 6) is 0.0743. The Morgan fingerprint density at radius 1 is 1.64 bits per heavy atom. The highest BCUT2D eigenvalue weighted by Crippen LogP contribution is 2.19. The van der Waals surface area contributed by atoms with E-state index >= 15 is 0 Å². The molecule has 0 aliphatic carbocycles. The highest BCUT2D eigenvalue weighted by Gasteiger charge is 2.28. The van der Waals surface area contributed by atoms with E-state index in [4.69, 9.17) is 4.74 Å². The molecule has 0 radical (unpaired) electrons. The van der Waals surface area contributed by atoms with Crippen LogP contribution in [0.5, 0.6) is 0 Å². The third-order valence-corrected chi connectivity index (χ3v) is 2.46. The van der Waals surface area contributed by atoms with Crippen LogP contribution >= 0.6 is 0 Å². The highest BCUT2D eigenvalue weighted by atomic mass is 16.5. The average molecular weight is 201 g/mol. The normalized spacial score (nSPS) is 29.1. The van der Waals surface area contributed by atoms with Crippen molar-refractivity contribution >= 4 is 5.78 Å². The maximum Gasteiger partial charge on any atom is 0.172 e. The number of ether oxygens (including phenoxy) is 1. The second-order valence-corrected chi connectivity index (χ2v) is 4.28. The highest BCUT2D eigenvalue weighted by molar-refractivity contribution is 5.81. The van der Waals surface area contributed by atoms with Gasteiger partial charge in [-0.15, -0.1) is 0 Å². The molecule has 1 unspecified atom stereocenters. The summed E-state index contributed by atoms with van der Waals surface area (Å²) < 4.78 is 4.76. The predicted molar refractivity (Wildman–Crippen MR) is 53.2 cm³/mol. The summed E-state index contributed by atoms with van der Waals surface area (Å²) in [6, 6.07) is 0. The fourth-order valence-electron chi connectivity index (χ4n) is 1.91. The molecule has 4 heteroatoms. The number of likely N-dealkylation sites (tertiary alicyclic amines) is 1. The van der Waals surface area contributed by atoms with Crippen LogP contribution in [0.1, 0.15) is 19.8 Å². The lowest BCUT2D eigenvalue weighted by Gasteiger charge is -2.36. The van der Waals surface area contributed by atoms with Crippen LogP contribution in [0.2, 0.25) is 0 Å². The number of ketones is 1. The first-order chi connectivity index (χ1) is 6.53. The quantitative estimate of drug-likeness (QED) is 0.698. The second-order valence-electron chi connectivity index (χ2n) is 4.28. The minimum absolute atomic E-state index is 0.0743. The Morgan fingerprint density at radius 3 is 2.93 bits per heavy atom. The predicted octanol–water partition coefficient (Wildman–Crippen LogP) is 0.0487. The largest absolute Gasteiger partial charge is 0.389 e. The molecule has 14 heavy (non-hydrogen) atoms. The van der Waals surface area contributed by atoms with Gasteiger partial charge in [-0.05, 0) is 26.3 Å². The second kappa shape index (κ2) is 4.87. The Hall–Kier alpha value is -0.450. The summed E-state index contributed by atoms with van der Waals surface area (Å²) >= 11 is 0. The van der Waals surface area contributed by atoms with Gasteiger partial charge in [0.25, 0.3) is 0 Å². The monoisotopic (exact) mass is 201 g/mol. The zero-order valence-electron chi connectivity index (χ0n) is 8.95. The zero-order chi connectivity index (χ0) is 10.6. The van der Waals surface area contributed by atoms with Crippen molar-refractivity contribution in [2.45, 2.75) is 25.4 Å². The van der Waals surface area contributed by atoms with Gasteiger partial charge in [-0.25, -0.2) is 0 Å². The molecule has 0 spiro atoms. The smallest absolute Gasteiger partial charge is 0.172 e. The van der Waals surface area contributed by atoms with Crippen molar-refractivity contribution in [1.82, 2.24) is 4.90 Å². The number of hydrogen-bond donors (Lipinski definition) is 1. The molecule has 1 N–H and O–H groups in total. The van der Waals surface area contributed by atoms with Crippen LogP contribution in [-0.4, -0.2) is 54.7 Å². The van der Waals surface area contributed by atoms with E-state index in [-0.39, 0.29) is 12.4 Å². The molecule has 0 aromatic heterocycles. The van der Waals surface area contributed by atoms with Crippen molar-refractivity contribution in [1.29, 1.82) is 0 Å². The molecular weight excluding hydrogens is 182 g/mol. The van der Waals surface area contributed by atoms with Gasteiger partial charge in [0.05, 0.1) is 12.1 Å². The van der Waals surface area contributed by atoms with Crippen molar-refractivity contribution < 1.29 is 14.6 Å². The van der Waals surface area contributed by atoms with Crippen molar-refractivity contribution in [2.24, 2.45) is 0 Å². The van der Waals surface area contributed by atoms with Crippen molar-refractivity contribution in [2.75, 3.05) is 33.4 Å². The van der Waals surface area contributed by atoms with Crippen LogP contribution in [-0.2, 0) is 9.53 Å². The number of carbonyl (C=O) groups excluding carboxylic acids is 1. The van der Waals surface area contributed by atoms with Gasteiger partial charge in [-0.3, -0.25) is 9.69 Å². The van der Waals surface area contributed by atoms with Gasteiger partial charge in [0, 0.05) is 13.7 Å². The summed E-state index contributed by atoms with van der Waals surface area (Å²) in [6.45, 7) is 3.86. The minimum atomic E-state index is -0.633. The molecule has 1 saturated heterocycles. The number of piperidine rings is 1. The van der Waals surface area contributed by atoms with Crippen LogP contribution in [0.15, 0.2) is 0 Å².